The first kappa shape index (κ1) is 12.3. The van der Waals surface area contributed by atoms with E-state index in [2.05, 4.69) is 4.98 Å². The van der Waals surface area contributed by atoms with E-state index >= 15 is 0 Å². The Morgan fingerprint density at radius 1 is 1.11 bits per heavy atom. The highest BCUT2D eigenvalue weighted by atomic mass is 19.4. The molecule has 2 rings (SSSR count). The van der Waals surface area contributed by atoms with Crippen molar-refractivity contribution in [3.05, 3.63) is 48.0 Å². The van der Waals surface area contributed by atoms with E-state index in [0.717, 1.165) is 24.4 Å². The molecular weight excluding hydrogens is 250 g/mol. The van der Waals surface area contributed by atoms with Gasteiger partial charge in [0.2, 0.25) is 5.95 Å². The van der Waals surface area contributed by atoms with Gasteiger partial charge in [0.05, 0.1) is 11.8 Å². The average Bonchev–Trinajstić information content (AvgIpc) is 2.31. The second-order valence-corrected chi connectivity index (χ2v) is 3.60. The lowest BCUT2D eigenvalue weighted by molar-refractivity contribution is -0.137. The first-order chi connectivity index (χ1) is 8.38. The topological polar surface area (TPSA) is 33.1 Å². The van der Waals surface area contributed by atoms with E-state index in [1.807, 2.05) is 0 Å². The number of aromatic nitrogens is 1. The van der Waals surface area contributed by atoms with Crippen LogP contribution in [0.3, 0.4) is 0 Å². The second kappa shape index (κ2) is 4.29. The van der Waals surface area contributed by atoms with E-state index in [1.165, 1.54) is 12.1 Å². The molecule has 1 aromatic carbocycles. The molecule has 2 aromatic rings. The summed E-state index contributed by atoms with van der Waals surface area (Å²) in [5.41, 5.74) is -0.825. The van der Waals surface area contributed by atoms with Crippen LogP contribution in [0.1, 0.15) is 5.56 Å². The average molecular weight is 257 g/mol. The molecule has 18 heavy (non-hydrogen) atoms. The lowest BCUT2D eigenvalue weighted by atomic mass is 10.0. The van der Waals surface area contributed by atoms with Gasteiger partial charge in [0.15, 0.2) is 0 Å². The Morgan fingerprint density at radius 2 is 1.83 bits per heavy atom. The van der Waals surface area contributed by atoms with Crippen LogP contribution in [0.5, 0.6) is 5.75 Å². The van der Waals surface area contributed by atoms with Crippen LogP contribution in [0.15, 0.2) is 36.5 Å². The molecule has 0 saturated carbocycles. The Labute approximate surface area is 99.5 Å². The fourth-order valence-corrected chi connectivity index (χ4v) is 1.52. The Morgan fingerprint density at radius 3 is 2.50 bits per heavy atom. The minimum atomic E-state index is -4.49. The van der Waals surface area contributed by atoms with Crippen molar-refractivity contribution in [3.63, 3.8) is 0 Å². The molecule has 6 heteroatoms. The lowest BCUT2D eigenvalue weighted by Gasteiger charge is -2.09. The van der Waals surface area contributed by atoms with Crippen LogP contribution in [-0.2, 0) is 6.18 Å². The zero-order chi connectivity index (χ0) is 13.3. The first-order valence-corrected chi connectivity index (χ1v) is 4.90. The molecule has 0 saturated heterocycles. The molecule has 0 aliphatic rings. The van der Waals surface area contributed by atoms with E-state index in [9.17, 15) is 22.7 Å². The molecule has 1 heterocycles. The van der Waals surface area contributed by atoms with Crippen molar-refractivity contribution in [3.8, 4) is 16.9 Å². The van der Waals surface area contributed by atoms with Gasteiger partial charge in [0, 0.05) is 11.6 Å². The summed E-state index contributed by atoms with van der Waals surface area (Å²) in [6.45, 7) is 0. The highest BCUT2D eigenvalue weighted by molar-refractivity contribution is 5.69. The molecule has 0 radical (unpaired) electrons. The molecule has 0 fully saturated rings. The number of halogens is 4. The van der Waals surface area contributed by atoms with Gasteiger partial charge in [-0.25, -0.2) is 4.98 Å². The Balaban J connectivity index is 2.55. The molecule has 1 N–H and O–H groups in total. The van der Waals surface area contributed by atoms with E-state index in [4.69, 9.17) is 0 Å². The van der Waals surface area contributed by atoms with Crippen molar-refractivity contribution in [2.75, 3.05) is 0 Å². The predicted molar refractivity (Wildman–Crippen MR) is 56.3 cm³/mol. The van der Waals surface area contributed by atoms with Crippen molar-refractivity contribution in [2.24, 2.45) is 0 Å². The highest BCUT2D eigenvalue weighted by Crippen LogP contribution is 2.34. The Hall–Kier alpha value is -2.11. The van der Waals surface area contributed by atoms with Gasteiger partial charge < -0.3 is 5.11 Å². The third-order valence-corrected chi connectivity index (χ3v) is 2.35. The van der Waals surface area contributed by atoms with Crippen molar-refractivity contribution in [1.82, 2.24) is 4.98 Å². The van der Waals surface area contributed by atoms with Crippen LogP contribution in [0.4, 0.5) is 17.6 Å². The summed E-state index contributed by atoms with van der Waals surface area (Å²) >= 11 is 0. The number of benzene rings is 1. The maximum atomic E-state index is 12.9. The maximum absolute atomic E-state index is 12.9. The zero-order valence-corrected chi connectivity index (χ0v) is 8.87. The molecule has 0 spiro atoms. The summed E-state index contributed by atoms with van der Waals surface area (Å²) in [5.74, 6) is -1.25. The zero-order valence-electron chi connectivity index (χ0n) is 8.87. The molecule has 1 aromatic heterocycles. The first-order valence-electron chi connectivity index (χ1n) is 4.90. The molecule has 0 bridgehead atoms. The number of hydrogen-bond acceptors (Lipinski definition) is 2. The van der Waals surface area contributed by atoms with Crippen molar-refractivity contribution in [1.29, 1.82) is 0 Å². The summed E-state index contributed by atoms with van der Waals surface area (Å²) in [5, 5.41) is 9.47. The van der Waals surface area contributed by atoms with Crippen LogP contribution in [0.25, 0.3) is 11.1 Å². The van der Waals surface area contributed by atoms with Crippen molar-refractivity contribution in [2.45, 2.75) is 6.18 Å². The molecule has 0 unspecified atom stereocenters. The Bertz CT molecular complexity index is 581. The number of rotatable bonds is 1. The minimum Gasteiger partial charge on any atom is -0.506 e. The molecule has 0 atom stereocenters. The smallest absolute Gasteiger partial charge is 0.416 e. The summed E-state index contributed by atoms with van der Waals surface area (Å²) in [6.07, 6.45) is -3.64. The molecular formula is C12H7F4NO. The van der Waals surface area contributed by atoms with Gasteiger partial charge in [-0.15, -0.1) is 0 Å². The molecule has 0 aliphatic carbocycles. The van der Waals surface area contributed by atoms with E-state index < -0.39 is 17.7 Å². The summed E-state index contributed by atoms with van der Waals surface area (Å²) in [7, 11) is 0. The van der Waals surface area contributed by atoms with E-state index in [0.29, 0.717) is 0 Å². The summed E-state index contributed by atoms with van der Waals surface area (Å²) < 4.78 is 50.5. The van der Waals surface area contributed by atoms with Gasteiger partial charge in [-0.3, -0.25) is 0 Å². The molecule has 2 nitrogen and oxygen atoms in total. The molecule has 94 valence electrons. The van der Waals surface area contributed by atoms with Crippen LogP contribution < -0.4 is 0 Å². The monoisotopic (exact) mass is 257 g/mol. The standard InChI is InChI=1S/C12H7F4NO/c13-11-5-9(10(18)6-17-11)7-2-1-3-8(4-7)12(14,15)16/h1-6,18H. The summed E-state index contributed by atoms with van der Waals surface area (Å²) in [4.78, 5) is 3.20. The Kier molecular flexibility index (Phi) is 2.94. The highest BCUT2D eigenvalue weighted by Gasteiger charge is 2.30. The van der Waals surface area contributed by atoms with Gasteiger partial charge in [-0.1, -0.05) is 12.1 Å². The number of pyridine rings is 1. The molecule has 0 amide bonds. The predicted octanol–water partition coefficient (Wildman–Crippen LogP) is 3.61. The number of hydrogen-bond donors (Lipinski definition) is 1. The van der Waals surface area contributed by atoms with Gasteiger partial charge in [0.1, 0.15) is 5.75 Å². The summed E-state index contributed by atoms with van der Waals surface area (Å²) in [6, 6.07) is 5.16. The normalized spacial score (nSPS) is 11.6. The third kappa shape index (κ3) is 2.42. The van der Waals surface area contributed by atoms with Gasteiger partial charge in [0.25, 0.3) is 0 Å². The van der Waals surface area contributed by atoms with Crippen molar-refractivity contribution < 1.29 is 22.7 Å². The van der Waals surface area contributed by atoms with Gasteiger partial charge >= 0.3 is 6.18 Å². The quantitative estimate of drug-likeness (QED) is 0.625. The number of nitrogens with zero attached hydrogens (tertiary/aromatic N) is 1. The fourth-order valence-electron chi connectivity index (χ4n) is 1.52. The van der Waals surface area contributed by atoms with E-state index in [1.54, 1.807) is 0 Å². The maximum Gasteiger partial charge on any atom is 0.416 e. The van der Waals surface area contributed by atoms with Crippen LogP contribution >= 0.6 is 0 Å². The second-order valence-electron chi connectivity index (χ2n) is 3.60. The number of alkyl halides is 3. The third-order valence-electron chi connectivity index (χ3n) is 2.35. The van der Waals surface area contributed by atoms with Gasteiger partial charge in [-0.2, -0.15) is 17.6 Å². The largest absolute Gasteiger partial charge is 0.506 e. The van der Waals surface area contributed by atoms with Crippen LogP contribution in [-0.4, -0.2) is 10.1 Å². The minimum absolute atomic E-state index is 0.0337. The molecule has 0 aliphatic heterocycles. The van der Waals surface area contributed by atoms with Gasteiger partial charge in [-0.05, 0) is 17.7 Å². The number of aromatic hydroxyl groups is 1. The van der Waals surface area contributed by atoms with E-state index in [-0.39, 0.29) is 16.9 Å². The fraction of sp³-hybridized carbons (Fsp3) is 0.0833. The van der Waals surface area contributed by atoms with Crippen molar-refractivity contribution >= 4 is 0 Å². The van der Waals surface area contributed by atoms with Crippen LogP contribution in [0, 0.1) is 5.95 Å². The lowest BCUT2D eigenvalue weighted by Crippen LogP contribution is -2.04. The van der Waals surface area contributed by atoms with Crippen LogP contribution in [0.2, 0.25) is 0 Å². The SMILES string of the molecule is Oc1cnc(F)cc1-c1cccc(C(F)(F)F)c1.